The molecule has 0 saturated carbocycles. The summed E-state index contributed by atoms with van der Waals surface area (Å²) in [6, 6.07) is 14.1. The molecule has 1 amide bonds. The number of thiazole rings is 1. The number of carbonyl (C=O) groups excluding carboxylic acids is 1. The van der Waals surface area contributed by atoms with E-state index < -0.39 is 0 Å². The maximum atomic E-state index is 13.0. The van der Waals surface area contributed by atoms with Gasteiger partial charge in [0.25, 0.3) is 0 Å². The lowest BCUT2D eigenvalue weighted by Crippen LogP contribution is -2.14. The average Bonchev–Trinajstić information content (AvgIpc) is 3.27. The van der Waals surface area contributed by atoms with Crippen molar-refractivity contribution in [2.45, 2.75) is 11.7 Å². The number of imidazole rings is 1. The summed E-state index contributed by atoms with van der Waals surface area (Å²) in [6.07, 6.45) is 3.54. The number of para-hydroxylation sites is 1. The highest BCUT2D eigenvalue weighted by molar-refractivity contribution is 7.99. The quantitative estimate of drug-likeness (QED) is 0.489. The Balaban J connectivity index is 1.36. The van der Waals surface area contributed by atoms with Crippen molar-refractivity contribution in [3.63, 3.8) is 0 Å². The summed E-state index contributed by atoms with van der Waals surface area (Å²) in [6.45, 7) is 0.572. The summed E-state index contributed by atoms with van der Waals surface area (Å²) in [4.78, 5) is 21.0. The Labute approximate surface area is 163 Å². The molecule has 0 radical (unpaired) electrons. The smallest absolute Gasteiger partial charge is 0.236 e. The summed E-state index contributed by atoms with van der Waals surface area (Å²) >= 11 is 2.80. The Morgan fingerprint density at radius 3 is 2.81 bits per heavy atom. The molecule has 0 bridgehead atoms. The van der Waals surface area contributed by atoms with Gasteiger partial charge in [0.1, 0.15) is 5.82 Å². The van der Waals surface area contributed by atoms with Gasteiger partial charge in [-0.15, -0.1) is 0 Å². The van der Waals surface area contributed by atoms with Gasteiger partial charge < -0.3 is 9.88 Å². The van der Waals surface area contributed by atoms with Gasteiger partial charge in [-0.1, -0.05) is 47.4 Å². The van der Waals surface area contributed by atoms with Crippen LogP contribution in [0.3, 0.4) is 0 Å². The van der Waals surface area contributed by atoms with Crippen LogP contribution in [0.2, 0.25) is 0 Å². The van der Waals surface area contributed by atoms with Crippen LogP contribution in [0.5, 0.6) is 0 Å². The van der Waals surface area contributed by atoms with Gasteiger partial charge in [-0.2, -0.15) is 0 Å². The molecule has 5 nitrogen and oxygen atoms in total. The average molecular weight is 398 g/mol. The summed E-state index contributed by atoms with van der Waals surface area (Å²) < 4.78 is 16.0. The molecule has 4 rings (SSSR count). The van der Waals surface area contributed by atoms with Crippen LogP contribution in [0.4, 0.5) is 9.52 Å². The van der Waals surface area contributed by atoms with Crippen LogP contribution in [-0.4, -0.2) is 26.2 Å². The second-order valence-electron chi connectivity index (χ2n) is 5.79. The number of halogens is 1. The van der Waals surface area contributed by atoms with E-state index in [2.05, 4.69) is 15.3 Å². The molecule has 0 unspecified atom stereocenters. The van der Waals surface area contributed by atoms with Crippen molar-refractivity contribution < 1.29 is 9.18 Å². The van der Waals surface area contributed by atoms with Gasteiger partial charge in [-0.05, 0) is 29.8 Å². The lowest BCUT2D eigenvalue weighted by Gasteiger charge is -2.07. The molecule has 0 aliphatic heterocycles. The first-order chi connectivity index (χ1) is 13.2. The summed E-state index contributed by atoms with van der Waals surface area (Å²) in [5, 5.41) is 4.17. The van der Waals surface area contributed by atoms with E-state index in [-0.39, 0.29) is 17.5 Å². The van der Waals surface area contributed by atoms with E-state index in [1.54, 1.807) is 18.3 Å². The molecule has 0 aliphatic rings. The fraction of sp³-hybridized carbons (Fsp3) is 0.105. The van der Waals surface area contributed by atoms with Gasteiger partial charge in [0.05, 0.1) is 16.0 Å². The molecule has 0 atom stereocenters. The molecular weight excluding hydrogens is 383 g/mol. The maximum absolute atomic E-state index is 13.0. The van der Waals surface area contributed by atoms with Crippen molar-refractivity contribution in [1.82, 2.24) is 14.5 Å². The largest absolute Gasteiger partial charge is 0.322 e. The molecule has 4 aromatic rings. The van der Waals surface area contributed by atoms with Crippen molar-refractivity contribution in [3.8, 4) is 0 Å². The van der Waals surface area contributed by atoms with Crippen molar-refractivity contribution in [1.29, 1.82) is 0 Å². The predicted octanol–water partition coefficient (Wildman–Crippen LogP) is 4.41. The Morgan fingerprint density at radius 1 is 1.19 bits per heavy atom. The Bertz CT molecular complexity index is 1040. The highest BCUT2D eigenvalue weighted by Crippen LogP contribution is 2.26. The number of benzene rings is 2. The molecule has 27 heavy (non-hydrogen) atoms. The number of hydrogen-bond acceptors (Lipinski definition) is 5. The number of nitrogens with one attached hydrogen (secondary N) is 1. The molecular formula is C19H15FN4OS2. The van der Waals surface area contributed by atoms with Crippen LogP contribution in [-0.2, 0) is 11.3 Å². The number of nitrogens with zero attached hydrogens (tertiary/aromatic N) is 3. The molecule has 2 aromatic carbocycles. The molecule has 0 saturated heterocycles. The van der Waals surface area contributed by atoms with E-state index in [9.17, 15) is 9.18 Å². The van der Waals surface area contributed by atoms with Gasteiger partial charge in [-0.25, -0.2) is 14.4 Å². The van der Waals surface area contributed by atoms with Crippen LogP contribution in [0.15, 0.2) is 66.1 Å². The minimum atomic E-state index is -0.259. The molecule has 1 N–H and O–H groups in total. The lowest BCUT2D eigenvalue weighted by molar-refractivity contribution is -0.113. The van der Waals surface area contributed by atoms with E-state index in [1.165, 1.54) is 35.2 Å². The van der Waals surface area contributed by atoms with Crippen LogP contribution in [0.1, 0.15) is 5.56 Å². The normalized spacial score (nSPS) is 11.0. The zero-order valence-corrected chi connectivity index (χ0v) is 15.8. The molecule has 136 valence electrons. The highest BCUT2D eigenvalue weighted by atomic mass is 32.2. The first kappa shape index (κ1) is 17.7. The number of anilines is 1. The zero-order chi connectivity index (χ0) is 18.6. The SMILES string of the molecule is O=C(CSc1nccn1Cc1ccc(F)cc1)Nc1nc2ccccc2s1. The van der Waals surface area contributed by atoms with E-state index >= 15 is 0 Å². The van der Waals surface area contributed by atoms with E-state index in [0.29, 0.717) is 11.7 Å². The standard InChI is InChI=1S/C19H15FN4OS2/c20-14-7-5-13(6-8-14)11-24-10-9-21-19(24)26-12-17(25)23-18-22-15-3-1-2-4-16(15)27-18/h1-10H,11-12H2,(H,22,23,25). The molecule has 0 aliphatic carbocycles. The molecule has 2 heterocycles. The summed E-state index contributed by atoms with van der Waals surface area (Å²) in [5.41, 5.74) is 1.84. The number of fused-ring (bicyclic) bond motifs is 1. The third-order valence-electron chi connectivity index (χ3n) is 3.82. The van der Waals surface area contributed by atoms with Gasteiger partial charge in [0.2, 0.25) is 5.91 Å². The minimum Gasteiger partial charge on any atom is -0.322 e. The number of carbonyl (C=O) groups is 1. The van der Waals surface area contributed by atoms with Crippen LogP contribution in [0.25, 0.3) is 10.2 Å². The fourth-order valence-corrected chi connectivity index (χ4v) is 4.19. The molecule has 0 fully saturated rings. The molecule has 0 spiro atoms. The highest BCUT2D eigenvalue weighted by Gasteiger charge is 2.11. The van der Waals surface area contributed by atoms with Crippen molar-refractivity contribution in [3.05, 3.63) is 72.3 Å². The van der Waals surface area contributed by atoms with Gasteiger partial charge >= 0.3 is 0 Å². The zero-order valence-electron chi connectivity index (χ0n) is 14.1. The Morgan fingerprint density at radius 2 is 2.00 bits per heavy atom. The third kappa shape index (κ3) is 4.35. The fourth-order valence-electron chi connectivity index (χ4n) is 2.55. The van der Waals surface area contributed by atoms with Crippen LogP contribution in [0, 0.1) is 5.82 Å². The number of rotatable bonds is 6. The Kier molecular flexibility index (Phi) is 5.17. The number of aromatic nitrogens is 3. The van der Waals surface area contributed by atoms with Crippen molar-refractivity contribution in [2.75, 3.05) is 11.1 Å². The van der Waals surface area contributed by atoms with Gasteiger partial charge in [0.15, 0.2) is 10.3 Å². The summed E-state index contributed by atoms with van der Waals surface area (Å²) in [5.74, 6) is -0.156. The first-order valence-electron chi connectivity index (χ1n) is 8.21. The van der Waals surface area contributed by atoms with Crippen molar-refractivity contribution in [2.24, 2.45) is 0 Å². The van der Waals surface area contributed by atoms with Gasteiger partial charge in [-0.3, -0.25) is 4.79 Å². The number of amides is 1. The topological polar surface area (TPSA) is 59.8 Å². The predicted molar refractivity (Wildman–Crippen MR) is 107 cm³/mol. The van der Waals surface area contributed by atoms with Crippen LogP contribution < -0.4 is 5.32 Å². The van der Waals surface area contributed by atoms with E-state index in [0.717, 1.165) is 20.9 Å². The van der Waals surface area contributed by atoms with E-state index in [1.807, 2.05) is 35.0 Å². The van der Waals surface area contributed by atoms with Crippen LogP contribution >= 0.6 is 23.1 Å². The summed E-state index contributed by atoms with van der Waals surface area (Å²) in [7, 11) is 0. The second-order valence-corrected chi connectivity index (χ2v) is 7.76. The molecule has 8 heteroatoms. The third-order valence-corrected chi connectivity index (χ3v) is 5.77. The van der Waals surface area contributed by atoms with Gasteiger partial charge in [0, 0.05) is 18.9 Å². The second kappa shape index (κ2) is 7.89. The number of thioether (sulfide) groups is 1. The Hall–Kier alpha value is -2.71. The monoisotopic (exact) mass is 398 g/mol. The first-order valence-corrected chi connectivity index (χ1v) is 10.0. The lowest BCUT2D eigenvalue weighted by atomic mass is 10.2. The number of hydrogen-bond donors (Lipinski definition) is 1. The maximum Gasteiger partial charge on any atom is 0.236 e. The van der Waals surface area contributed by atoms with Crippen molar-refractivity contribution >= 4 is 44.4 Å². The van der Waals surface area contributed by atoms with E-state index in [4.69, 9.17) is 0 Å². The molecule has 2 aromatic heterocycles. The minimum absolute atomic E-state index is 0.129.